The van der Waals surface area contributed by atoms with Crippen LogP contribution in [0.2, 0.25) is 0 Å². The summed E-state index contributed by atoms with van der Waals surface area (Å²) in [6.07, 6.45) is -6.56. The number of hydrogen-bond donors (Lipinski definition) is 3. The van der Waals surface area contributed by atoms with Crippen LogP contribution in [0.15, 0.2) is 89.1 Å². The number of methoxy groups -OCH3 is 2. The standard InChI is InChI=1S/C53H75N3O11/c1-14-43-53(9,61)48(59)33(4)45(55-54-36(7)38-22-24-40(25-23-38)39-18-16-15-17-19-39)31(2)30-52(8,63-13)49(67-51-46(58)42(56(10)11)28-32(3)64-51)34(5)47(35(6)50(60)65-43)66-44(57)29-37-20-26-41(62-12)27-21-37/h15-27,31-35,42-43,46-49,51,58-59,61H,14,28-30H2,1-13H3/b54-36+,55-45+/t31-,32?,33+,34+,35-,42?,43-,46?,47+,48-,49-,51?,52-,53-/m1/s1. The van der Waals surface area contributed by atoms with Gasteiger partial charge in [0, 0.05) is 30.7 Å². The average molecular weight is 930 g/mol. The first-order chi connectivity index (χ1) is 31.6. The zero-order valence-electron chi connectivity index (χ0n) is 41.7. The van der Waals surface area contributed by atoms with Crippen molar-refractivity contribution in [3.8, 4) is 16.9 Å². The third-order valence-corrected chi connectivity index (χ3v) is 14.0. The molecule has 5 rings (SSSR count). The summed E-state index contributed by atoms with van der Waals surface area (Å²) in [6.45, 7) is 16.0. The molecule has 14 heteroatoms. The highest BCUT2D eigenvalue weighted by molar-refractivity contribution is 6.00. The number of esters is 2. The maximum atomic E-state index is 14.5. The lowest BCUT2D eigenvalue weighted by Gasteiger charge is -2.48. The van der Waals surface area contributed by atoms with Crippen LogP contribution >= 0.6 is 0 Å². The first-order valence-electron chi connectivity index (χ1n) is 23.6. The number of likely N-dealkylation sites (N-methyl/N-ethyl adjacent to an activating group) is 1. The van der Waals surface area contributed by atoms with E-state index in [-0.39, 0.29) is 31.4 Å². The molecule has 2 saturated heterocycles. The molecule has 3 aromatic carbocycles. The number of ether oxygens (including phenoxy) is 6. The summed E-state index contributed by atoms with van der Waals surface area (Å²) >= 11 is 0. The zero-order valence-corrected chi connectivity index (χ0v) is 41.7. The number of cyclic esters (lactones) is 1. The molecule has 0 aliphatic carbocycles. The van der Waals surface area contributed by atoms with Crippen molar-refractivity contribution in [1.29, 1.82) is 0 Å². The zero-order chi connectivity index (χ0) is 49.4. The van der Waals surface area contributed by atoms with Gasteiger partial charge in [-0.3, -0.25) is 9.59 Å². The van der Waals surface area contributed by atoms with Gasteiger partial charge in [0.2, 0.25) is 0 Å². The van der Waals surface area contributed by atoms with E-state index in [0.29, 0.717) is 29.2 Å². The fraction of sp³-hybridized carbons (Fsp3) is 0.585. The lowest BCUT2D eigenvalue weighted by atomic mass is 9.73. The number of hydrogen-bond acceptors (Lipinski definition) is 14. The Hall–Kier alpha value is -4.54. The number of aliphatic hydroxyl groups excluding tert-OH is 2. The second kappa shape index (κ2) is 23.2. The lowest BCUT2D eigenvalue weighted by Crippen LogP contribution is -2.60. The van der Waals surface area contributed by atoms with E-state index >= 15 is 0 Å². The van der Waals surface area contributed by atoms with Crippen molar-refractivity contribution in [1.82, 2.24) is 4.90 Å². The van der Waals surface area contributed by atoms with Gasteiger partial charge in [-0.15, -0.1) is 0 Å². The van der Waals surface area contributed by atoms with Crippen LogP contribution in [0.1, 0.15) is 92.7 Å². The molecule has 368 valence electrons. The molecule has 3 aromatic rings. The van der Waals surface area contributed by atoms with E-state index in [2.05, 4.69) is 12.1 Å². The van der Waals surface area contributed by atoms with Crippen LogP contribution in [0, 0.1) is 23.7 Å². The van der Waals surface area contributed by atoms with Gasteiger partial charge in [0.25, 0.3) is 0 Å². The van der Waals surface area contributed by atoms with Crippen LogP contribution in [0.25, 0.3) is 11.1 Å². The van der Waals surface area contributed by atoms with Crippen LogP contribution in [0.4, 0.5) is 0 Å². The fourth-order valence-electron chi connectivity index (χ4n) is 9.81. The molecule has 2 aliphatic heterocycles. The van der Waals surface area contributed by atoms with Crippen molar-refractivity contribution in [2.24, 2.45) is 33.9 Å². The SMILES string of the molecule is CC[C@H]1OC(=O)[C@H](C)[C@@H](OC(=O)Cc2ccc(OC)cc2)[C@H](C)[C@@H](OC2OC(C)CC(N(C)C)C2O)[C@](C)(OC)C[C@@H](C)/C(=N\N=C(/C)c2ccc(-c3ccccc3)cc2)[C@H](C)[C@@H](O)[C@]1(C)O. The number of benzene rings is 3. The van der Waals surface area contributed by atoms with Gasteiger partial charge in [-0.1, -0.05) is 94.4 Å². The summed E-state index contributed by atoms with van der Waals surface area (Å²) in [5.41, 5.74) is 1.50. The van der Waals surface area contributed by atoms with Gasteiger partial charge in [0.15, 0.2) is 6.29 Å². The van der Waals surface area contributed by atoms with Gasteiger partial charge >= 0.3 is 11.9 Å². The number of rotatable bonds is 12. The Bertz CT molecular complexity index is 2130. The first kappa shape index (κ1) is 53.4. The van der Waals surface area contributed by atoms with Gasteiger partial charge < -0.3 is 48.6 Å². The first-order valence-corrected chi connectivity index (χ1v) is 23.6. The van der Waals surface area contributed by atoms with Gasteiger partial charge in [0.05, 0.1) is 49.1 Å². The largest absolute Gasteiger partial charge is 0.497 e. The van der Waals surface area contributed by atoms with Crippen LogP contribution in [-0.4, -0.2) is 132 Å². The molecular formula is C53H75N3O11. The number of aliphatic hydroxyl groups is 3. The Morgan fingerprint density at radius 3 is 2.10 bits per heavy atom. The van der Waals surface area contributed by atoms with Crippen molar-refractivity contribution in [3.63, 3.8) is 0 Å². The van der Waals surface area contributed by atoms with E-state index in [1.165, 1.54) is 6.92 Å². The molecule has 2 heterocycles. The summed E-state index contributed by atoms with van der Waals surface area (Å²) in [4.78, 5) is 30.4. The maximum absolute atomic E-state index is 14.5. The molecule has 0 saturated carbocycles. The van der Waals surface area contributed by atoms with E-state index in [0.717, 1.165) is 16.7 Å². The Morgan fingerprint density at radius 1 is 0.896 bits per heavy atom. The molecule has 4 unspecified atom stereocenters. The Morgan fingerprint density at radius 2 is 1.52 bits per heavy atom. The van der Waals surface area contributed by atoms with E-state index in [1.807, 2.05) is 96.1 Å². The van der Waals surface area contributed by atoms with Crippen LogP contribution in [-0.2, 0) is 39.7 Å². The third-order valence-electron chi connectivity index (χ3n) is 14.0. The van der Waals surface area contributed by atoms with Crippen LogP contribution in [0.5, 0.6) is 5.75 Å². The average Bonchev–Trinajstić information content (AvgIpc) is 3.31. The van der Waals surface area contributed by atoms with Gasteiger partial charge in [-0.25, -0.2) is 0 Å². The topological polar surface area (TPSA) is 178 Å². The predicted molar refractivity (Wildman–Crippen MR) is 259 cm³/mol. The van der Waals surface area contributed by atoms with E-state index in [1.54, 1.807) is 59.3 Å². The van der Waals surface area contributed by atoms with Crippen molar-refractivity contribution in [2.45, 2.75) is 148 Å². The number of carbonyl (C=O) groups excluding carboxylic acids is 2. The Kier molecular flexibility index (Phi) is 18.5. The molecule has 0 amide bonds. The molecule has 0 bridgehead atoms. The monoisotopic (exact) mass is 930 g/mol. The second-order valence-electron chi connectivity index (χ2n) is 19.3. The molecule has 0 radical (unpaired) electrons. The molecule has 0 aromatic heterocycles. The maximum Gasteiger partial charge on any atom is 0.312 e. The minimum Gasteiger partial charge on any atom is -0.497 e. The molecular weight excluding hydrogens is 855 g/mol. The molecule has 3 N–H and O–H groups in total. The van der Waals surface area contributed by atoms with Crippen molar-refractivity contribution >= 4 is 23.4 Å². The predicted octanol–water partition coefficient (Wildman–Crippen LogP) is 7.28. The smallest absolute Gasteiger partial charge is 0.312 e. The number of nitrogens with zero attached hydrogens (tertiary/aromatic N) is 3. The Balaban J connectivity index is 1.63. The minimum atomic E-state index is -1.96. The summed E-state index contributed by atoms with van der Waals surface area (Å²) in [7, 11) is 6.89. The van der Waals surface area contributed by atoms with Gasteiger partial charge in [-0.2, -0.15) is 10.2 Å². The summed E-state index contributed by atoms with van der Waals surface area (Å²) in [6, 6.07) is 24.8. The van der Waals surface area contributed by atoms with E-state index in [9.17, 15) is 24.9 Å². The molecule has 2 fully saturated rings. The van der Waals surface area contributed by atoms with Gasteiger partial charge in [0.1, 0.15) is 29.7 Å². The van der Waals surface area contributed by atoms with E-state index < -0.39 is 83.6 Å². The van der Waals surface area contributed by atoms with Crippen molar-refractivity contribution in [3.05, 3.63) is 90.0 Å². The summed E-state index contributed by atoms with van der Waals surface area (Å²) < 4.78 is 37.6. The molecule has 14 atom stereocenters. The Labute approximate surface area is 397 Å². The highest BCUT2D eigenvalue weighted by Gasteiger charge is 2.52. The third kappa shape index (κ3) is 12.8. The quantitative estimate of drug-likeness (QED) is 0.0941. The van der Waals surface area contributed by atoms with Crippen LogP contribution < -0.4 is 4.74 Å². The molecule has 67 heavy (non-hydrogen) atoms. The summed E-state index contributed by atoms with van der Waals surface area (Å²) in [5.74, 6) is -3.96. The number of carbonyl (C=O) groups is 2. The molecule has 2 aliphatic rings. The molecule has 0 spiro atoms. The lowest BCUT2D eigenvalue weighted by molar-refractivity contribution is -0.301. The fourth-order valence-corrected chi connectivity index (χ4v) is 9.81. The normalized spacial score (nSPS) is 34.3. The van der Waals surface area contributed by atoms with Crippen molar-refractivity contribution in [2.75, 3.05) is 28.3 Å². The second-order valence-corrected chi connectivity index (χ2v) is 19.3. The van der Waals surface area contributed by atoms with Crippen molar-refractivity contribution < 1.29 is 53.3 Å². The molecule has 14 nitrogen and oxygen atoms in total. The highest BCUT2D eigenvalue weighted by Crippen LogP contribution is 2.40. The highest BCUT2D eigenvalue weighted by atomic mass is 16.7. The summed E-state index contributed by atoms with van der Waals surface area (Å²) in [5, 5.41) is 45.8. The minimum absolute atomic E-state index is 0.112. The van der Waals surface area contributed by atoms with E-state index in [4.69, 9.17) is 38.6 Å². The van der Waals surface area contributed by atoms with Crippen LogP contribution in [0.3, 0.4) is 0 Å². The van der Waals surface area contributed by atoms with Gasteiger partial charge in [-0.05, 0) is 108 Å².